The van der Waals surface area contributed by atoms with Crippen LogP contribution in [-0.4, -0.2) is 0 Å². The van der Waals surface area contributed by atoms with Gasteiger partial charge in [-0.1, -0.05) is 20.8 Å². The van der Waals surface area contributed by atoms with Gasteiger partial charge in [-0.25, -0.2) is 0 Å². The lowest BCUT2D eigenvalue weighted by molar-refractivity contribution is 0.482. The van der Waals surface area contributed by atoms with Gasteiger partial charge in [0.05, 0.1) is 0 Å². The molecule has 0 spiro atoms. The first-order valence-electron chi connectivity index (χ1n) is 3.81. The second kappa shape index (κ2) is 2.02. The number of terminal acetylenes is 1. The first kappa shape index (κ1) is 7.66. The van der Waals surface area contributed by atoms with Gasteiger partial charge in [-0.2, -0.15) is 5.92 Å². The molecule has 1 aliphatic carbocycles. The normalized spacial score (nSPS) is 38.3. The maximum Gasteiger partial charge on any atom is 0.0265 e. The predicted molar refractivity (Wildman–Crippen MR) is 44.1 cm³/mol. The van der Waals surface area contributed by atoms with Gasteiger partial charge in [0.1, 0.15) is 0 Å². The summed E-state index contributed by atoms with van der Waals surface area (Å²) >= 11 is 0. The Kier molecular flexibility index (Phi) is 1.55. The highest BCUT2D eigenvalue weighted by molar-refractivity contribution is 5.19. The molecular weight excluding hydrogens is 120 g/mol. The molecule has 0 radical (unpaired) electrons. The summed E-state index contributed by atoms with van der Waals surface area (Å²) in [6.45, 7) is 10.6. The van der Waals surface area contributed by atoms with Crippen LogP contribution in [-0.2, 0) is 0 Å². The van der Waals surface area contributed by atoms with E-state index in [2.05, 4.69) is 33.6 Å². The van der Waals surface area contributed by atoms with Crippen LogP contribution in [0.3, 0.4) is 0 Å². The highest BCUT2D eigenvalue weighted by atomic mass is 14.6. The third-order valence-corrected chi connectivity index (χ3v) is 2.70. The zero-order valence-electron chi connectivity index (χ0n) is 7.02. The lowest BCUT2D eigenvalue weighted by Crippen LogP contribution is -1.97. The highest BCUT2D eigenvalue weighted by Crippen LogP contribution is 2.60. The van der Waals surface area contributed by atoms with Crippen LogP contribution in [0.1, 0.15) is 20.8 Å². The molecule has 0 heteroatoms. The van der Waals surface area contributed by atoms with Crippen molar-refractivity contribution in [1.82, 2.24) is 0 Å². The van der Waals surface area contributed by atoms with Gasteiger partial charge in [-0.3, -0.25) is 0 Å². The molecule has 0 aromatic carbocycles. The van der Waals surface area contributed by atoms with E-state index in [-0.39, 0.29) is 0 Å². The van der Waals surface area contributed by atoms with Crippen molar-refractivity contribution in [2.24, 2.45) is 23.2 Å². The van der Waals surface area contributed by atoms with Crippen molar-refractivity contribution >= 4 is 0 Å². The zero-order chi connectivity index (χ0) is 7.94. The minimum absolute atomic E-state index is 0.357. The molecule has 0 aliphatic heterocycles. The van der Waals surface area contributed by atoms with E-state index in [1.165, 1.54) is 0 Å². The fourth-order valence-electron chi connectivity index (χ4n) is 2.06. The fourth-order valence-corrected chi connectivity index (χ4v) is 2.06. The summed E-state index contributed by atoms with van der Waals surface area (Å²) < 4.78 is 0. The maximum atomic E-state index is 5.36. The van der Waals surface area contributed by atoms with Gasteiger partial charge in [0.25, 0.3) is 0 Å². The SMILES string of the molecule is C#C[C@@H]1[C@@H](C([CH2-])C)C1(C)C. The van der Waals surface area contributed by atoms with Gasteiger partial charge < -0.3 is 6.92 Å². The molecule has 10 heavy (non-hydrogen) atoms. The maximum absolute atomic E-state index is 5.36. The summed E-state index contributed by atoms with van der Waals surface area (Å²) in [7, 11) is 0. The molecule has 0 saturated heterocycles. The summed E-state index contributed by atoms with van der Waals surface area (Å²) in [5.74, 6) is 4.44. The van der Waals surface area contributed by atoms with Crippen molar-refractivity contribution in [2.75, 3.05) is 0 Å². The molecular formula is C10H15-. The van der Waals surface area contributed by atoms with Crippen LogP contribution >= 0.6 is 0 Å². The van der Waals surface area contributed by atoms with Crippen LogP contribution in [0.5, 0.6) is 0 Å². The number of hydrogen-bond acceptors (Lipinski definition) is 0. The van der Waals surface area contributed by atoms with Crippen LogP contribution in [0.4, 0.5) is 0 Å². The average molecular weight is 135 g/mol. The molecule has 3 atom stereocenters. The second-order valence-electron chi connectivity index (χ2n) is 3.97. The van der Waals surface area contributed by atoms with Crippen molar-refractivity contribution in [3.63, 3.8) is 0 Å². The van der Waals surface area contributed by atoms with Crippen LogP contribution in [0, 0.1) is 42.4 Å². The third kappa shape index (κ3) is 0.850. The van der Waals surface area contributed by atoms with Crippen molar-refractivity contribution in [3.8, 4) is 12.3 Å². The van der Waals surface area contributed by atoms with Crippen molar-refractivity contribution in [2.45, 2.75) is 20.8 Å². The molecule has 1 fully saturated rings. The molecule has 1 aliphatic rings. The van der Waals surface area contributed by atoms with Crippen molar-refractivity contribution in [3.05, 3.63) is 6.92 Å². The Morgan fingerprint density at radius 2 is 2.10 bits per heavy atom. The molecule has 0 aromatic heterocycles. The lowest BCUT2D eigenvalue weighted by Gasteiger charge is -2.10. The number of hydrogen-bond donors (Lipinski definition) is 0. The summed E-state index contributed by atoms with van der Waals surface area (Å²) in [4.78, 5) is 0. The average Bonchev–Trinajstić information content (AvgIpc) is 2.33. The van der Waals surface area contributed by atoms with Gasteiger partial charge in [0.15, 0.2) is 0 Å². The minimum atomic E-state index is 0.357. The van der Waals surface area contributed by atoms with Gasteiger partial charge >= 0.3 is 0 Å². The Hall–Kier alpha value is -0.440. The standard InChI is InChI=1S/C10H15/c1-6-8-9(7(2)3)10(8,4)5/h1,7-9H,2H2,3-5H3/q-1/t7?,8-,9-/m1/s1. The summed E-state index contributed by atoms with van der Waals surface area (Å²) in [5, 5.41) is 0. The topological polar surface area (TPSA) is 0 Å². The molecule has 0 N–H and O–H groups in total. The highest BCUT2D eigenvalue weighted by Gasteiger charge is 2.55. The summed E-state index contributed by atoms with van der Waals surface area (Å²) in [6.07, 6.45) is 5.36. The Labute approximate surface area is 64.0 Å². The molecule has 56 valence electrons. The second-order valence-corrected chi connectivity index (χ2v) is 3.97. The summed E-state index contributed by atoms with van der Waals surface area (Å²) in [5.41, 5.74) is 0.357. The predicted octanol–water partition coefficient (Wildman–Crippen LogP) is 2.36. The van der Waals surface area contributed by atoms with E-state index in [4.69, 9.17) is 6.42 Å². The summed E-state index contributed by atoms with van der Waals surface area (Å²) in [6, 6.07) is 0. The molecule has 1 unspecified atom stereocenters. The quantitative estimate of drug-likeness (QED) is 0.382. The van der Waals surface area contributed by atoms with Gasteiger partial charge in [0.2, 0.25) is 0 Å². The molecule has 0 heterocycles. The lowest BCUT2D eigenvalue weighted by atomic mass is 10.0. The first-order valence-corrected chi connectivity index (χ1v) is 3.81. The van der Waals surface area contributed by atoms with Gasteiger partial charge in [-0.05, 0) is 11.3 Å². The molecule has 0 amide bonds. The van der Waals surface area contributed by atoms with E-state index in [9.17, 15) is 0 Å². The van der Waals surface area contributed by atoms with Crippen molar-refractivity contribution < 1.29 is 0 Å². The molecule has 0 bridgehead atoms. The van der Waals surface area contributed by atoms with Crippen LogP contribution in [0.25, 0.3) is 0 Å². The van der Waals surface area contributed by atoms with E-state index in [0.29, 0.717) is 23.2 Å². The minimum Gasteiger partial charge on any atom is -0.340 e. The Bertz CT molecular complexity index is 169. The van der Waals surface area contributed by atoms with Crippen molar-refractivity contribution in [1.29, 1.82) is 0 Å². The third-order valence-electron chi connectivity index (χ3n) is 2.70. The first-order chi connectivity index (χ1) is 4.51. The molecule has 1 saturated carbocycles. The van der Waals surface area contributed by atoms with Crippen LogP contribution in [0.15, 0.2) is 0 Å². The van der Waals surface area contributed by atoms with Crippen LogP contribution < -0.4 is 0 Å². The van der Waals surface area contributed by atoms with E-state index in [1.54, 1.807) is 0 Å². The molecule has 0 aromatic rings. The fraction of sp³-hybridized carbons (Fsp3) is 0.700. The number of rotatable bonds is 1. The Morgan fingerprint density at radius 3 is 2.20 bits per heavy atom. The Morgan fingerprint density at radius 1 is 1.60 bits per heavy atom. The smallest absolute Gasteiger partial charge is 0.0265 e. The molecule has 1 rings (SSSR count). The van der Waals surface area contributed by atoms with Crippen LogP contribution in [0.2, 0.25) is 0 Å². The van der Waals surface area contributed by atoms with E-state index < -0.39 is 0 Å². The van der Waals surface area contributed by atoms with Gasteiger partial charge in [-0.15, -0.1) is 12.3 Å². The van der Waals surface area contributed by atoms with E-state index >= 15 is 0 Å². The Balaban J connectivity index is 2.64. The van der Waals surface area contributed by atoms with E-state index in [0.717, 1.165) is 0 Å². The van der Waals surface area contributed by atoms with E-state index in [1.807, 2.05) is 0 Å². The molecule has 0 nitrogen and oxygen atoms in total. The monoisotopic (exact) mass is 135 g/mol. The van der Waals surface area contributed by atoms with Gasteiger partial charge in [0, 0.05) is 5.92 Å². The largest absolute Gasteiger partial charge is 0.340 e. The zero-order valence-corrected chi connectivity index (χ0v) is 7.02.